The zero-order valence-electron chi connectivity index (χ0n) is 14.4. The predicted molar refractivity (Wildman–Crippen MR) is 101 cm³/mol. The number of nitrogen functional groups attached to an aromatic ring is 1. The van der Waals surface area contributed by atoms with Gasteiger partial charge in [-0.1, -0.05) is 31.6 Å². The minimum absolute atomic E-state index is 0.398. The number of nitrogens with zero attached hydrogens (tertiary/aromatic N) is 4. The molecule has 0 atom stereocenters. The maximum absolute atomic E-state index is 6.17. The molecule has 128 valence electrons. The van der Waals surface area contributed by atoms with Crippen molar-refractivity contribution in [2.75, 3.05) is 11.1 Å². The second-order valence-corrected chi connectivity index (χ2v) is 6.67. The van der Waals surface area contributed by atoms with Crippen LogP contribution in [0.1, 0.15) is 38.6 Å². The first kappa shape index (κ1) is 15.6. The zero-order chi connectivity index (χ0) is 17.4. The highest BCUT2D eigenvalue weighted by Gasteiger charge is 2.24. The highest BCUT2D eigenvalue weighted by atomic mass is 15.3. The van der Waals surface area contributed by atoms with Crippen molar-refractivity contribution in [3.05, 3.63) is 42.9 Å². The van der Waals surface area contributed by atoms with Crippen LogP contribution >= 0.6 is 0 Å². The summed E-state index contributed by atoms with van der Waals surface area (Å²) in [5, 5.41) is 8.94. The van der Waals surface area contributed by atoms with Gasteiger partial charge in [0.2, 0.25) is 0 Å². The van der Waals surface area contributed by atoms with E-state index in [4.69, 9.17) is 10.8 Å². The van der Waals surface area contributed by atoms with Crippen LogP contribution in [0, 0.1) is 0 Å². The van der Waals surface area contributed by atoms with Gasteiger partial charge in [0.05, 0.1) is 11.4 Å². The van der Waals surface area contributed by atoms with Gasteiger partial charge in [-0.15, -0.1) is 0 Å². The Morgan fingerprint density at radius 3 is 2.60 bits per heavy atom. The SMILES string of the molecule is C=C(C)Nc1ccc(-c2nn(C3CCCC3)c3ncnc(N)c23)cc1. The molecule has 3 N–H and O–H groups in total. The Hall–Kier alpha value is -2.89. The molecule has 0 unspecified atom stereocenters. The van der Waals surface area contributed by atoms with Gasteiger partial charge in [0.25, 0.3) is 0 Å². The number of nitrogens with two attached hydrogens (primary N) is 1. The van der Waals surface area contributed by atoms with E-state index in [0.717, 1.165) is 46.5 Å². The molecule has 1 aromatic carbocycles. The van der Waals surface area contributed by atoms with Gasteiger partial charge < -0.3 is 11.1 Å². The molecule has 1 aliphatic carbocycles. The zero-order valence-corrected chi connectivity index (χ0v) is 14.4. The number of rotatable bonds is 4. The summed E-state index contributed by atoms with van der Waals surface area (Å²) in [5.41, 5.74) is 10.8. The Labute approximate surface area is 146 Å². The molecule has 0 radical (unpaired) electrons. The van der Waals surface area contributed by atoms with Crippen molar-refractivity contribution in [3.63, 3.8) is 0 Å². The molecule has 6 nitrogen and oxygen atoms in total. The van der Waals surface area contributed by atoms with Gasteiger partial charge in [-0.3, -0.25) is 0 Å². The van der Waals surface area contributed by atoms with Crippen molar-refractivity contribution < 1.29 is 0 Å². The van der Waals surface area contributed by atoms with Crippen LogP contribution in [-0.2, 0) is 0 Å². The fourth-order valence-corrected chi connectivity index (χ4v) is 3.56. The van der Waals surface area contributed by atoms with E-state index in [2.05, 4.69) is 26.5 Å². The van der Waals surface area contributed by atoms with E-state index < -0.39 is 0 Å². The summed E-state index contributed by atoms with van der Waals surface area (Å²) in [6.45, 7) is 5.80. The summed E-state index contributed by atoms with van der Waals surface area (Å²) in [4.78, 5) is 8.65. The topological polar surface area (TPSA) is 81.7 Å². The number of hydrogen-bond donors (Lipinski definition) is 2. The largest absolute Gasteiger partial charge is 0.383 e. The molecule has 6 heteroatoms. The lowest BCUT2D eigenvalue weighted by Crippen LogP contribution is -2.07. The Bertz CT molecular complexity index is 919. The normalized spacial score (nSPS) is 14.9. The molecule has 0 saturated heterocycles. The molecule has 2 aromatic heterocycles. The smallest absolute Gasteiger partial charge is 0.164 e. The number of fused-ring (bicyclic) bond motifs is 1. The maximum atomic E-state index is 6.17. The Morgan fingerprint density at radius 1 is 1.20 bits per heavy atom. The van der Waals surface area contributed by atoms with Crippen LogP contribution in [0.5, 0.6) is 0 Å². The van der Waals surface area contributed by atoms with Gasteiger partial charge >= 0.3 is 0 Å². The van der Waals surface area contributed by atoms with Gasteiger partial charge in [-0.2, -0.15) is 5.10 Å². The van der Waals surface area contributed by atoms with Crippen LogP contribution in [-0.4, -0.2) is 19.7 Å². The molecule has 4 rings (SSSR count). The molecule has 3 aromatic rings. The maximum Gasteiger partial charge on any atom is 0.164 e. The van der Waals surface area contributed by atoms with Crippen LogP contribution in [0.4, 0.5) is 11.5 Å². The van der Waals surface area contributed by atoms with Crippen molar-refractivity contribution in [2.24, 2.45) is 0 Å². The second kappa shape index (κ2) is 6.20. The highest BCUT2D eigenvalue weighted by Crippen LogP contribution is 2.36. The minimum atomic E-state index is 0.398. The lowest BCUT2D eigenvalue weighted by atomic mass is 10.1. The summed E-state index contributed by atoms with van der Waals surface area (Å²) in [7, 11) is 0. The molecule has 0 aliphatic heterocycles. The summed E-state index contributed by atoms with van der Waals surface area (Å²) in [6.07, 6.45) is 6.28. The second-order valence-electron chi connectivity index (χ2n) is 6.67. The number of benzene rings is 1. The monoisotopic (exact) mass is 334 g/mol. The van der Waals surface area contributed by atoms with Gasteiger partial charge in [0, 0.05) is 16.9 Å². The predicted octanol–water partition coefficient (Wildman–Crippen LogP) is 4.14. The average molecular weight is 334 g/mol. The molecule has 0 amide bonds. The summed E-state index contributed by atoms with van der Waals surface area (Å²) >= 11 is 0. The first-order chi connectivity index (χ1) is 12.1. The fourth-order valence-electron chi connectivity index (χ4n) is 3.56. The lowest BCUT2D eigenvalue weighted by molar-refractivity contribution is 0.479. The molecule has 1 aliphatic rings. The van der Waals surface area contributed by atoms with E-state index in [-0.39, 0.29) is 0 Å². The fraction of sp³-hybridized carbons (Fsp3) is 0.316. The van der Waals surface area contributed by atoms with Crippen molar-refractivity contribution in [1.82, 2.24) is 19.7 Å². The Balaban J connectivity index is 1.82. The van der Waals surface area contributed by atoms with E-state index in [1.54, 1.807) is 0 Å². The molecule has 1 saturated carbocycles. The molecule has 0 spiro atoms. The summed E-state index contributed by atoms with van der Waals surface area (Å²) in [6, 6.07) is 8.51. The average Bonchev–Trinajstić information content (AvgIpc) is 3.23. The van der Waals surface area contributed by atoms with Crippen molar-refractivity contribution >= 4 is 22.5 Å². The quantitative estimate of drug-likeness (QED) is 0.749. The molecule has 0 bridgehead atoms. The van der Waals surface area contributed by atoms with Gasteiger partial charge in [-0.05, 0) is 31.9 Å². The number of anilines is 2. The third-order valence-corrected chi connectivity index (χ3v) is 4.70. The highest BCUT2D eigenvalue weighted by molar-refractivity contribution is 5.98. The molecule has 2 heterocycles. The lowest BCUT2D eigenvalue weighted by Gasteiger charge is -2.10. The molecule has 1 fully saturated rings. The van der Waals surface area contributed by atoms with Crippen LogP contribution < -0.4 is 11.1 Å². The van der Waals surface area contributed by atoms with E-state index in [1.165, 1.54) is 19.2 Å². The van der Waals surface area contributed by atoms with Crippen molar-refractivity contribution in [3.8, 4) is 11.3 Å². The Kier molecular flexibility index (Phi) is 3.87. The number of hydrogen-bond acceptors (Lipinski definition) is 5. The standard InChI is InChI=1S/C19H22N6/c1-12(2)23-14-9-7-13(8-10-14)17-16-18(20)21-11-22-19(16)25(24-17)15-5-3-4-6-15/h7-11,15,23H,1,3-6H2,2H3,(H2,20,21,22). The van der Waals surface area contributed by atoms with Crippen LogP contribution in [0.15, 0.2) is 42.9 Å². The third-order valence-electron chi connectivity index (χ3n) is 4.70. The van der Waals surface area contributed by atoms with Gasteiger partial charge in [-0.25, -0.2) is 14.6 Å². The minimum Gasteiger partial charge on any atom is -0.383 e. The molecular formula is C19H22N6. The van der Waals surface area contributed by atoms with E-state index in [1.807, 2.05) is 31.2 Å². The number of allylic oxidation sites excluding steroid dienone is 1. The summed E-state index contributed by atoms with van der Waals surface area (Å²) < 4.78 is 2.05. The summed E-state index contributed by atoms with van der Waals surface area (Å²) in [5.74, 6) is 0.480. The van der Waals surface area contributed by atoms with E-state index >= 15 is 0 Å². The van der Waals surface area contributed by atoms with Crippen molar-refractivity contribution in [2.45, 2.75) is 38.6 Å². The van der Waals surface area contributed by atoms with Crippen LogP contribution in [0.3, 0.4) is 0 Å². The molecular weight excluding hydrogens is 312 g/mol. The number of nitrogens with one attached hydrogen (secondary N) is 1. The van der Waals surface area contributed by atoms with E-state index in [0.29, 0.717) is 11.9 Å². The van der Waals surface area contributed by atoms with Crippen molar-refractivity contribution in [1.29, 1.82) is 0 Å². The molecule has 25 heavy (non-hydrogen) atoms. The first-order valence-electron chi connectivity index (χ1n) is 8.65. The van der Waals surface area contributed by atoms with Gasteiger partial charge in [0.1, 0.15) is 17.8 Å². The van der Waals surface area contributed by atoms with Crippen LogP contribution in [0.2, 0.25) is 0 Å². The first-order valence-corrected chi connectivity index (χ1v) is 8.65. The van der Waals surface area contributed by atoms with Crippen LogP contribution in [0.25, 0.3) is 22.3 Å². The Morgan fingerprint density at radius 2 is 1.92 bits per heavy atom. The third kappa shape index (κ3) is 2.84. The van der Waals surface area contributed by atoms with Gasteiger partial charge in [0.15, 0.2) is 5.65 Å². The van der Waals surface area contributed by atoms with E-state index in [9.17, 15) is 0 Å². The number of aromatic nitrogens is 4.